The van der Waals surface area contributed by atoms with Gasteiger partial charge in [-0.05, 0) is 25.1 Å². The first-order chi connectivity index (χ1) is 13.1. The van der Waals surface area contributed by atoms with Gasteiger partial charge < -0.3 is 14.4 Å². The summed E-state index contributed by atoms with van der Waals surface area (Å²) in [5.41, 5.74) is 1.00. The Morgan fingerprint density at radius 3 is 2.78 bits per heavy atom. The number of carbonyl (C=O) groups is 1. The molecule has 0 N–H and O–H groups in total. The molecule has 0 saturated carbocycles. The topological polar surface area (TPSA) is 54.9 Å². The molecule has 7 heteroatoms. The summed E-state index contributed by atoms with van der Waals surface area (Å²) >= 11 is 0. The normalized spacial score (nSPS) is 21.3. The first-order valence-electron chi connectivity index (χ1n) is 9.14. The summed E-state index contributed by atoms with van der Waals surface area (Å²) in [6.07, 6.45) is 1.44. The molecule has 142 valence electrons. The summed E-state index contributed by atoms with van der Waals surface area (Å²) in [5.74, 6) is -0.125. The minimum atomic E-state index is -0.714. The molecular weight excluding hydrogens is 349 g/mol. The van der Waals surface area contributed by atoms with Crippen LogP contribution in [0.4, 0.5) is 10.1 Å². The number of pyridine rings is 1. The maximum Gasteiger partial charge on any atom is 0.249 e. The lowest BCUT2D eigenvalue weighted by atomic mass is 10.0. The lowest BCUT2D eigenvalue weighted by molar-refractivity contribution is -0.126. The first kappa shape index (κ1) is 17.9. The third-order valence-electron chi connectivity index (χ3n) is 4.90. The number of hydrogen-bond acceptors (Lipinski definition) is 5. The number of fused-ring (bicyclic) bond motifs is 1. The molecule has 2 unspecified atom stereocenters. The zero-order valence-electron chi connectivity index (χ0n) is 15.2. The Kier molecular flexibility index (Phi) is 5.05. The molecule has 27 heavy (non-hydrogen) atoms. The molecule has 1 fully saturated rings. The van der Waals surface area contributed by atoms with E-state index >= 15 is 0 Å². The van der Waals surface area contributed by atoms with Gasteiger partial charge in [0.25, 0.3) is 0 Å². The van der Waals surface area contributed by atoms with E-state index in [1.807, 2.05) is 17.9 Å². The van der Waals surface area contributed by atoms with Gasteiger partial charge in [-0.1, -0.05) is 18.2 Å². The highest BCUT2D eigenvalue weighted by molar-refractivity contribution is 5.99. The summed E-state index contributed by atoms with van der Waals surface area (Å²) in [4.78, 5) is 21.5. The van der Waals surface area contributed by atoms with Crippen LogP contribution in [0.3, 0.4) is 0 Å². The lowest BCUT2D eigenvalue weighted by Gasteiger charge is -2.39. The van der Waals surface area contributed by atoms with E-state index in [9.17, 15) is 9.18 Å². The zero-order chi connectivity index (χ0) is 18.8. The molecule has 1 amide bonds. The molecule has 4 rings (SSSR count). The number of halogens is 1. The molecule has 2 aliphatic heterocycles. The van der Waals surface area contributed by atoms with Crippen LogP contribution >= 0.6 is 0 Å². The van der Waals surface area contributed by atoms with Gasteiger partial charge in [-0.3, -0.25) is 9.69 Å². The number of benzene rings is 1. The Hall–Kier alpha value is -2.51. The number of anilines is 1. The molecule has 1 aromatic heterocycles. The van der Waals surface area contributed by atoms with Crippen LogP contribution in [0.15, 0.2) is 42.6 Å². The number of ether oxygens (including phenoxy) is 2. The Bertz CT molecular complexity index is 826. The minimum absolute atomic E-state index is 0.175. The molecule has 3 heterocycles. The van der Waals surface area contributed by atoms with Gasteiger partial charge in [0.15, 0.2) is 0 Å². The Morgan fingerprint density at radius 1 is 1.22 bits per heavy atom. The Labute approximate surface area is 157 Å². The van der Waals surface area contributed by atoms with Crippen LogP contribution in [-0.2, 0) is 9.53 Å². The van der Waals surface area contributed by atoms with Crippen molar-refractivity contribution in [2.45, 2.75) is 19.1 Å². The Balaban J connectivity index is 1.74. The minimum Gasteiger partial charge on any atom is -0.471 e. The van der Waals surface area contributed by atoms with Gasteiger partial charge in [-0.2, -0.15) is 0 Å². The average molecular weight is 371 g/mol. The zero-order valence-corrected chi connectivity index (χ0v) is 15.2. The number of rotatable bonds is 3. The monoisotopic (exact) mass is 371 g/mol. The summed E-state index contributed by atoms with van der Waals surface area (Å²) in [5, 5.41) is 0. The number of carbonyl (C=O) groups excluding carboxylic acids is 1. The van der Waals surface area contributed by atoms with Gasteiger partial charge in [0.1, 0.15) is 23.7 Å². The van der Waals surface area contributed by atoms with Crippen molar-refractivity contribution in [3.63, 3.8) is 0 Å². The van der Waals surface area contributed by atoms with Crippen molar-refractivity contribution < 1.29 is 18.7 Å². The third kappa shape index (κ3) is 3.52. The van der Waals surface area contributed by atoms with E-state index in [0.717, 1.165) is 0 Å². The van der Waals surface area contributed by atoms with E-state index in [0.29, 0.717) is 50.0 Å². The van der Waals surface area contributed by atoms with E-state index in [2.05, 4.69) is 4.98 Å². The van der Waals surface area contributed by atoms with Crippen LogP contribution in [0.5, 0.6) is 5.88 Å². The van der Waals surface area contributed by atoms with Gasteiger partial charge in [0, 0.05) is 24.8 Å². The molecule has 1 saturated heterocycles. The summed E-state index contributed by atoms with van der Waals surface area (Å²) in [6, 6.07) is 9.34. The molecule has 2 aromatic rings. The highest BCUT2D eigenvalue weighted by Gasteiger charge is 2.38. The molecule has 0 spiro atoms. The number of hydrogen-bond donors (Lipinski definition) is 0. The maximum absolute atomic E-state index is 14.6. The van der Waals surface area contributed by atoms with Gasteiger partial charge in [-0.25, -0.2) is 9.37 Å². The molecule has 0 radical (unpaired) electrons. The number of morpholine rings is 1. The third-order valence-corrected chi connectivity index (χ3v) is 4.90. The van der Waals surface area contributed by atoms with Gasteiger partial charge >= 0.3 is 0 Å². The fraction of sp³-hybridized carbons (Fsp3) is 0.400. The van der Waals surface area contributed by atoms with Crippen LogP contribution in [0.1, 0.15) is 18.5 Å². The van der Waals surface area contributed by atoms with E-state index in [4.69, 9.17) is 9.47 Å². The quantitative estimate of drug-likeness (QED) is 0.829. The Morgan fingerprint density at radius 2 is 2.00 bits per heavy atom. The van der Waals surface area contributed by atoms with Crippen molar-refractivity contribution in [1.29, 1.82) is 0 Å². The van der Waals surface area contributed by atoms with Crippen LogP contribution < -0.4 is 9.64 Å². The van der Waals surface area contributed by atoms with Crippen molar-refractivity contribution in [1.82, 2.24) is 9.88 Å². The van der Waals surface area contributed by atoms with Crippen molar-refractivity contribution >= 4 is 11.6 Å². The standard InChI is InChI=1S/C20H22FN3O3/c1-14-13-24(17-7-4-8-22-19(17)27-14)20(25)18(23-9-11-26-12-10-23)15-5-2-3-6-16(15)21/h2-8,14,18H,9-13H2,1H3. The van der Waals surface area contributed by atoms with Crippen LogP contribution in [0, 0.1) is 5.82 Å². The van der Waals surface area contributed by atoms with E-state index in [1.165, 1.54) is 6.07 Å². The fourth-order valence-corrected chi connectivity index (χ4v) is 3.64. The largest absolute Gasteiger partial charge is 0.471 e. The molecule has 2 atom stereocenters. The average Bonchev–Trinajstić information content (AvgIpc) is 2.69. The highest BCUT2D eigenvalue weighted by atomic mass is 19.1. The SMILES string of the molecule is CC1CN(C(=O)C(c2ccccc2F)N2CCOCC2)c2cccnc2O1. The van der Waals surface area contributed by atoms with Gasteiger partial charge in [0.2, 0.25) is 11.8 Å². The second-order valence-corrected chi connectivity index (χ2v) is 6.78. The van der Waals surface area contributed by atoms with E-state index in [1.54, 1.807) is 35.4 Å². The second kappa shape index (κ2) is 7.62. The molecule has 1 aromatic carbocycles. The van der Waals surface area contributed by atoms with Crippen LogP contribution in [0.25, 0.3) is 0 Å². The predicted molar refractivity (Wildman–Crippen MR) is 98.2 cm³/mol. The summed E-state index contributed by atoms with van der Waals surface area (Å²) in [6.45, 7) is 4.48. The molecule has 2 aliphatic rings. The van der Waals surface area contributed by atoms with Crippen molar-refractivity contribution in [2.75, 3.05) is 37.7 Å². The van der Waals surface area contributed by atoms with Crippen LogP contribution in [-0.4, -0.2) is 54.7 Å². The van der Waals surface area contributed by atoms with E-state index in [-0.39, 0.29) is 17.8 Å². The predicted octanol–water partition coefficient (Wildman–Crippen LogP) is 2.41. The van der Waals surface area contributed by atoms with Crippen molar-refractivity contribution in [2.24, 2.45) is 0 Å². The molecule has 0 aliphatic carbocycles. The molecular formula is C20H22FN3O3. The molecule has 0 bridgehead atoms. The fourth-order valence-electron chi connectivity index (χ4n) is 3.64. The van der Waals surface area contributed by atoms with Crippen molar-refractivity contribution in [3.05, 3.63) is 54.0 Å². The summed E-state index contributed by atoms with van der Waals surface area (Å²) < 4.78 is 25.8. The van der Waals surface area contributed by atoms with Gasteiger partial charge in [-0.15, -0.1) is 0 Å². The van der Waals surface area contributed by atoms with Crippen molar-refractivity contribution in [3.8, 4) is 5.88 Å². The number of nitrogens with zero attached hydrogens (tertiary/aromatic N) is 3. The van der Waals surface area contributed by atoms with E-state index < -0.39 is 6.04 Å². The lowest BCUT2D eigenvalue weighted by Crippen LogP contribution is -2.50. The van der Waals surface area contributed by atoms with Crippen LogP contribution in [0.2, 0.25) is 0 Å². The summed E-state index contributed by atoms with van der Waals surface area (Å²) in [7, 11) is 0. The van der Waals surface area contributed by atoms with Gasteiger partial charge in [0.05, 0.1) is 19.8 Å². The molecule has 6 nitrogen and oxygen atoms in total. The first-order valence-corrected chi connectivity index (χ1v) is 9.14. The number of aromatic nitrogens is 1. The number of amides is 1. The second-order valence-electron chi connectivity index (χ2n) is 6.78. The highest BCUT2D eigenvalue weighted by Crippen LogP contribution is 2.35. The smallest absolute Gasteiger partial charge is 0.249 e. The maximum atomic E-state index is 14.6.